The third kappa shape index (κ3) is 1.81. The second-order valence-corrected chi connectivity index (χ2v) is 4.52. The van der Waals surface area contributed by atoms with Gasteiger partial charge in [0.1, 0.15) is 4.88 Å². The van der Waals surface area contributed by atoms with E-state index in [0.717, 1.165) is 24.8 Å². The number of rotatable bonds is 3. The molecular weight excluding hydrogens is 212 g/mol. The Morgan fingerprint density at radius 2 is 2.27 bits per heavy atom. The molecule has 2 heterocycles. The van der Waals surface area contributed by atoms with Gasteiger partial charge in [0, 0.05) is 0 Å². The Morgan fingerprint density at radius 1 is 1.47 bits per heavy atom. The Hall–Kier alpha value is -1.16. The first-order valence-corrected chi connectivity index (χ1v) is 5.95. The summed E-state index contributed by atoms with van der Waals surface area (Å²) >= 11 is 1.35. The van der Waals surface area contributed by atoms with E-state index in [1.165, 1.54) is 11.3 Å². The summed E-state index contributed by atoms with van der Waals surface area (Å²) in [5.74, 6) is -1.11. The van der Waals surface area contributed by atoms with Crippen LogP contribution in [-0.4, -0.2) is 11.9 Å². The monoisotopic (exact) mass is 224 g/mol. The summed E-state index contributed by atoms with van der Waals surface area (Å²) < 4.78 is 4.71. The molecule has 0 aliphatic carbocycles. The third-order valence-electron chi connectivity index (χ3n) is 2.58. The van der Waals surface area contributed by atoms with E-state index in [1.54, 1.807) is 0 Å². The maximum absolute atomic E-state index is 11.5. The molecule has 0 radical (unpaired) electrons. The van der Waals surface area contributed by atoms with Crippen LogP contribution in [0.2, 0.25) is 0 Å². The molecule has 0 amide bonds. The average Bonchev–Trinajstić information content (AvgIpc) is 2.66. The van der Waals surface area contributed by atoms with Gasteiger partial charge in [0.25, 0.3) is 0 Å². The molecule has 1 unspecified atom stereocenters. The molecule has 0 saturated heterocycles. The number of hydrogen-bond acceptors (Lipinski definition) is 4. The van der Waals surface area contributed by atoms with Crippen molar-refractivity contribution in [3.05, 3.63) is 21.9 Å². The largest absolute Gasteiger partial charge is 0.388 e. The highest BCUT2D eigenvalue weighted by Gasteiger charge is 2.34. The molecule has 0 bridgehead atoms. The molecule has 0 N–H and O–H groups in total. The van der Waals surface area contributed by atoms with Crippen LogP contribution in [0, 0.1) is 0 Å². The fourth-order valence-corrected chi connectivity index (χ4v) is 2.61. The van der Waals surface area contributed by atoms with Crippen molar-refractivity contribution >= 4 is 23.3 Å². The first-order valence-electron chi connectivity index (χ1n) is 5.07. The Morgan fingerprint density at radius 3 is 3.00 bits per heavy atom. The number of carbonyl (C=O) groups excluding carboxylic acids is 2. The van der Waals surface area contributed by atoms with Gasteiger partial charge in [-0.3, -0.25) is 4.79 Å². The summed E-state index contributed by atoms with van der Waals surface area (Å²) in [6, 6.07) is 1.86. The zero-order valence-electron chi connectivity index (χ0n) is 8.49. The van der Waals surface area contributed by atoms with Crippen LogP contribution in [0.4, 0.5) is 0 Å². The fraction of sp³-hybridized carbons (Fsp3) is 0.455. The van der Waals surface area contributed by atoms with Gasteiger partial charge in [0.05, 0.1) is 5.92 Å². The molecule has 3 nitrogen and oxygen atoms in total. The second kappa shape index (κ2) is 4.14. The molecule has 1 atom stereocenters. The lowest BCUT2D eigenvalue weighted by Crippen LogP contribution is -2.26. The van der Waals surface area contributed by atoms with Gasteiger partial charge in [-0.1, -0.05) is 19.8 Å². The smallest absolute Gasteiger partial charge is 0.356 e. The minimum atomic E-state index is -0.488. The molecule has 80 valence electrons. The van der Waals surface area contributed by atoms with Crippen molar-refractivity contribution < 1.29 is 14.3 Å². The predicted octanol–water partition coefficient (Wildman–Crippen LogP) is 2.72. The Labute approximate surface area is 92.1 Å². The number of fused-ring (bicyclic) bond motifs is 1. The van der Waals surface area contributed by atoms with Crippen LogP contribution in [0.5, 0.6) is 0 Å². The van der Waals surface area contributed by atoms with E-state index < -0.39 is 5.97 Å². The average molecular weight is 224 g/mol. The van der Waals surface area contributed by atoms with Crippen LogP contribution >= 0.6 is 11.3 Å². The zero-order valence-corrected chi connectivity index (χ0v) is 9.30. The van der Waals surface area contributed by atoms with Crippen LogP contribution in [0.3, 0.4) is 0 Å². The third-order valence-corrected chi connectivity index (χ3v) is 3.49. The summed E-state index contributed by atoms with van der Waals surface area (Å²) in [6.07, 6.45) is 2.78. The van der Waals surface area contributed by atoms with Crippen LogP contribution in [0.15, 0.2) is 11.4 Å². The van der Waals surface area contributed by atoms with Gasteiger partial charge in [-0.25, -0.2) is 4.79 Å². The number of hydrogen-bond donors (Lipinski definition) is 0. The van der Waals surface area contributed by atoms with Gasteiger partial charge in [0.15, 0.2) is 0 Å². The summed E-state index contributed by atoms with van der Waals surface area (Å²) in [6.45, 7) is 2.08. The van der Waals surface area contributed by atoms with Gasteiger partial charge < -0.3 is 4.74 Å². The van der Waals surface area contributed by atoms with Crippen molar-refractivity contribution in [3.8, 4) is 0 Å². The number of thiophene rings is 1. The van der Waals surface area contributed by atoms with Crippen LogP contribution in [0.25, 0.3) is 0 Å². The highest BCUT2D eigenvalue weighted by molar-refractivity contribution is 7.12. The second-order valence-electron chi connectivity index (χ2n) is 3.61. The minimum Gasteiger partial charge on any atom is -0.388 e. The van der Waals surface area contributed by atoms with E-state index in [0.29, 0.717) is 4.88 Å². The molecule has 15 heavy (non-hydrogen) atoms. The Balaban J connectivity index is 2.28. The van der Waals surface area contributed by atoms with Crippen molar-refractivity contribution in [2.45, 2.75) is 32.1 Å². The SMILES string of the molecule is CCCCC1C(=O)OC(=O)c2sccc21. The standard InChI is InChI=1S/C11H12O3S/c1-2-3-4-8-7-5-6-15-9(7)11(13)14-10(8)12/h5-6,8H,2-4H2,1H3. The van der Waals surface area contributed by atoms with E-state index >= 15 is 0 Å². The highest BCUT2D eigenvalue weighted by atomic mass is 32.1. The van der Waals surface area contributed by atoms with Gasteiger partial charge in [-0.05, 0) is 23.4 Å². The zero-order chi connectivity index (χ0) is 10.8. The van der Waals surface area contributed by atoms with Crippen molar-refractivity contribution in [2.75, 3.05) is 0 Å². The maximum atomic E-state index is 11.5. The lowest BCUT2D eigenvalue weighted by molar-refractivity contribution is -0.140. The van der Waals surface area contributed by atoms with Gasteiger partial charge in [0.2, 0.25) is 0 Å². The fourth-order valence-electron chi connectivity index (χ4n) is 1.78. The van der Waals surface area contributed by atoms with Crippen LogP contribution in [-0.2, 0) is 9.53 Å². The van der Waals surface area contributed by atoms with Gasteiger partial charge in [-0.2, -0.15) is 0 Å². The van der Waals surface area contributed by atoms with E-state index in [4.69, 9.17) is 4.74 Å². The van der Waals surface area contributed by atoms with E-state index in [1.807, 2.05) is 11.4 Å². The summed E-state index contributed by atoms with van der Waals surface area (Å²) in [5, 5.41) is 1.84. The molecule has 0 saturated carbocycles. The van der Waals surface area contributed by atoms with Crippen LogP contribution < -0.4 is 0 Å². The molecule has 2 rings (SSSR count). The molecular formula is C11H12O3S. The maximum Gasteiger partial charge on any atom is 0.356 e. The Bertz CT molecular complexity index is 394. The molecule has 1 aromatic heterocycles. The lowest BCUT2D eigenvalue weighted by atomic mass is 9.92. The van der Waals surface area contributed by atoms with Crippen molar-refractivity contribution in [1.82, 2.24) is 0 Å². The Kier molecular flexibility index (Phi) is 2.86. The molecule has 1 aliphatic rings. The lowest BCUT2D eigenvalue weighted by Gasteiger charge is -2.19. The number of esters is 2. The summed E-state index contributed by atoms with van der Waals surface area (Å²) in [7, 11) is 0. The number of cyclic esters (lactones) is 2. The molecule has 0 fully saturated rings. The number of ether oxygens (including phenoxy) is 1. The molecule has 0 spiro atoms. The molecule has 1 aromatic rings. The minimum absolute atomic E-state index is 0.233. The van der Waals surface area contributed by atoms with E-state index in [9.17, 15) is 9.59 Å². The van der Waals surface area contributed by atoms with E-state index in [-0.39, 0.29) is 11.9 Å². The summed E-state index contributed by atoms with van der Waals surface area (Å²) in [4.78, 5) is 23.5. The topological polar surface area (TPSA) is 43.4 Å². The van der Waals surface area contributed by atoms with Gasteiger partial charge in [-0.15, -0.1) is 11.3 Å². The molecule has 4 heteroatoms. The number of carbonyl (C=O) groups is 2. The number of unbranched alkanes of at least 4 members (excludes halogenated alkanes) is 1. The van der Waals surface area contributed by atoms with Crippen LogP contribution in [0.1, 0.15) is 47.3 Å². The first kappa shape index (κ1) is 10.4. The highest BCUT2D eigenvalue weighted by Crippen LogP contribution is 2.34. The normalized spacial score (nSPS) is 19.9. The van der Waals surface area contributed by atoms with Crippen molar-refractivity contribution in [2.24, 2.45) is 0 Å². The van der Waals surface area contributed by atoms with Crippen molar-refractivity contribution in [3.63, 3.8) is 0 Å². The first-order chi connectivity index (χ1) is 7.24. The van der Waals surface area contributed by atoms with E-state index in [2.05, 4.69) is 6.92 Å². The summed E-state index contributed by atoms with van der Waals surface area (Å²) in [5.41, 5.74) is 0.856. The molecule has 0 aromatic carbocycles. The molecule has 1 aliphatic heterocycles. The predicted molar refractivity (Wildman–Crippen MR) is 57.0 cm³/mol. The van der Waals surface area contributed by atoms with Crippen molar-refractivity contribution in [1.29, 1.82) is 0 Å². The quantitative estimate of drug-likeness (QED) is 0.585. The van der Waals surface area contributed by atoms with Gasteiger partial charge >= 0.3 is 11.9 Å².